The zero-order chi connectivity index (χ0) is 13.3. The highest BCUT2D eigenvalue weighted by molar-refractivity contribution is 5.94. The van der Waals surface area contributed by atoms with E-state index in [2.05, 4.69) is 22.7 Å². The number of likely N-dealkylation sites (tertiary alicyclic amines) is 1. The fourth-order valence-electron chi connectivity index (χ4n) is 1.89. The van der Waals surface area contributed by atoms with Gasteiger partial charge < -0.3 is 5.32 Å². The summed E-state index contributed by atoms with van der Waals surface area (Å²) < 4.78 is 0. The van der Waals surface area contributed by atoms with Crippen molar-refractivity contribution in [1.29, 1.82) is 0 Å². The van der Waals surface area contributed by atoms with Gasteiger partial charge in [-0.1, -0.05) is 32.8 Å². The average Bonchev–Trinajstić information content (AvgIpc) is 2.42. The number of hydrogen-bond acceptors (Lipinski definition) is 2. The van der Waals surface area contributed by atoms with Crippen molar-refractivity contribution in [2.45, 2.75) is 39.2 Å². The van der Waals surface area contributed by atoms with E-state index in [4.69, 9.17) is 6.42 Å². The van der Waals surface area contributed by atoms with Crippen molar-refractivity contribution in [3.8, 4) is 12.3 Å². The predicted octanol–water partition coefficient (Wildman–Crippen LogP) is 1.80. The lowest BCUT2D eigenvalue weighted by Crippen LogP contribution is -2.42. The van der Waals surface area contributed by atoms with Crippen molar-refractivity contribution < 1.29 is 4.79 Å². The topological polar surface area (TPSA) is 32.3 Å². The first-order valence-corrected chi connectivity index (χ1v) is 6.31. The number of rotatable bonds is 3. The lowest BCUT2D eigenvalue weighted by molar-refractivity contribution is -0.117. The van der Waals surface area contributed by atoms with E-state index in [0.29, 0.717) is 5.57 Å². The van der Waals surface area contributed by atoms with E-state index in [1.807, 2.05) is 13.8 Å². The van der Waals surface area contributed by atoms with Gasteiger partial charge in [0, 0.05) is 12.6 Å². The normalized spacial score (nSPS) is 17.1. The number of terminal acetylenes is 1. The minimum Gasteiger partial charge on any atom is -0.355 e. The maximum Gasteiger partial charge on any atom is 0.248 e. The number of nitrogens with one attached hydrogen (secondary N) is 1. The van der Waals surface area contributed by atoms with Crippen LogP contribution in [0.3, 0.4) is 0 Å². The SMILES string of the molecule is C#CC(C(=C)C(=O)NC)N1CCCCC1.CC. The molecule has 3 heteroatoms. The quantitative estimate of drug-likeness (QED) is 0.598. The van der Waals surface area contributed by atoms with Crippen LogP contribution in [-0.4, -0.2) is 37.0 Å². The monoisotopic (exact) mass is 236 g/mol. The molecule has 0 aromatic rings. The second-order valence-electron chi connectivity index (χ2n) is 3.77. The predicted molar refractivity (Wildman–Crippen MR) is 72.6 cm³/mol. The van der Waals surface area contributed by atoms with Crippen LogP contribution in [0.15, 0.2) is 12.2 Å². The molecule has 1 rings (SSSR count). The Labute approximate surface area is 105 Å². The van der Waals surface area contributed by atoms with Crippen molar-refractivity contribution in [3.05, 3.63) is 12.2 Å². The molecule has 0 saturated carbocycles. The van der Waals surface area contributed by atoms with E-state index in [0.717, 1.165) is 25.9 Å². The van der Waals surface area contributed by atoms with Gasteiger partial charge in [-0.3, -0.25) is 9.69 Å². The highest BCUT2D eigenvalue weighted by Crippen LogP contribution is 2.16. The molecule has 1 atom stereocenters. The Balaban J connectivity index is 0.00000121. The molecule has 0 radical (unpaired) electrons. The van der Waals surface area contributed by atoms with Gasteiger partial charge in [0.15, 0.2) is 0 Å². The molecule has 3 nitrogen and oxygen atoms in total. The Morgan fingerprint density at radius 3 is 2.29 bits per heavy atom. The molecule has 1 N–H and O–H groups in total. The van der Waals surface area contributed by atoms with Crippen LogP contribution in [0.5, 0.6) is 0 Å². The number of piperidine rings is 1. The summed E-state index contributed by atoms with van der Waals surface area (Å²) in [5.41, 5.74) is 0.474. The van der Waals surface area contributed by atoms with Gasteiger partial charge in [-0.15, -0.1) is 6.42 Å². The van der Waals surface area contributed by atoms with E-state index >= 15 is 0 Å². The second-order valence-corrected chi connectivity index (χ2v) is 3.77. The molecule has 1 fully saturated rings. The Kier molecular flexibility index (Phi) is 8.17. The van der Waals surface area contributed by atoms with Crippen LogP contribution in [-0.2, 0) is 4.79 Å². The smallest absolute Gasteiger partial charge is 0.248 e. The maximum atomic E-state index is 11.4. The van der Waals surface area contributed by atoms with E-state index in [-0.39, 0.29) is 11.9 Å². The van der Waals surface area contributed by atoms with Crippen molar-refractivity contribution in [2.75, 3.05) is 20.1 Å². The van der Waals surface area contributed by atoms with Crippen LogP contribution in [0.25, 0.3) is 0 Å². The summed E-state index contributed by atoms with van der Waals surface area (Å²) in [6.07, 6.45) is 9.02. The fraction of sp³-hybridized carbons (Fsp3) is 0.643. The first kappa shape index (κ1) is 15.7. The highest BCUT2D eigenvalue weighted by atomic mass is 16.1. The number of amides is 1. The molecule has 1 aliphatic heterocycles. The maximum absolute atomic E-state index is 11.4. The van der Waals surface area contributed by atoms with Gasteiger partial charge >= 0.3 is 0 Å². The van der Waals surface area contributed by atoms with Crippen LogP contribution in [0.4, 0.5) is 0 Å². The summed E-state index contributed by atoms with van der Waals surface area (Å²) in [4.78, 5) is 13.6. The fourth-order valence-corrected chi connectivity index (χ4v) is 1.89. The van der Waals surface area contributed by atoms with E-state index in [9.17, 15) is 4.79 Å². The molecule has 96 valence electrons. The molecular formula is C14H24N2O. The largest absolute Gasteiger partial charge is 0.355 e. The minimum absolute atomic E-state index is 0.163. The Morgan fingerprint density at radius 2 is 1.88 bits per heavy atom. The Morgan fingerprint density at radius 1 is 1.35 bits per heavy atom. The molecule has 0 aliphatic carbocycles. The lowest BCUT2D eigenvalue weighted by atomic mass is 10.0. The minimum atomic E-state index is -0.245. The number of carbonyl (C=O) groups excluding carboxylic acids is 1. The Hall–Kier alpha value is -1.27. The molecule has 0 aromatic heterocycles. The summed E-state index contributed by atoms with van der Waals surface area (Å²) in [5, 5.41) is 2.56. The summed E-state index contributed by atoms with van der Waals surface area (Å²) in [5.74, 6) is 2.49. The molecule has 0 bridgehead atoms. The van der Waals surface area contributed by atoms with Crippen molar-refractivity contribution >= 4 is 5.91 Å². The van der Waals surface area contributed by atoms with Crippen LogP contribution in [0.2, 0.25) is 0 Å². The summed E-state index contributed by atoms with van der Waals surface area (Å²) >= 11 is 0. The van der Waals surface area contributed by atoms with Crippen molar-refractivity contribution in [3.63, 3.8) is 0 Å². The molecule has 1 aliphatic rings. The zero-order valence-corrected chi connectivity index (χ0v) is 11.3. The molecule has 17 heavy (non-hydrogen) atoms. The lowest BCUT2D eigenvalue weighted by Gasteiger charge is -2.31. The van der Waals surface area contributed by atoms with Crippen molar-refractivity contribution in [1.82, 2.24) is 10.2 Å². The van der Waals surface area contributed by atoms with Crippen molar-refractivity contribution in [2.24, 2.45) is 0 Å². The number of nitrogens with zero attached hydrogens (tertiary/aromatic N) is 1. The van der Waals surface area contributed by atoms with Crippen LogP contribution in [0, 0.1) is 12.3 Å². The number of hydrogen-bond donors (Lipinski definition) is 1. The van der Waals surface area contributed by atoms with Crippen LogP contribution >= 0.6 is 0 Å². The average molecular weight is 236 g/mol. The first-order valence-electron chi connectivity index (χ1n) is 6.31. The van der Waals surface area contributed by atoms with Gasteiger partial charge in [0.2, 0.25) is 5.91 Å². The van der Waals surface area contributed by atoms with Crippen LogP contribution in [0.1, 0.15) is 33.1 Å². The molecule has 1 saturated heterocycles. The third-order valence-corrected chi connectivity index (χ3v) is 2.76. The third kappa shape index (κ3) is 4.62. The van der Waals surface area contributed by atoms with E-state index in [1.165, 1.54) is 6.42 Å². The summed E-state index contributed by atoms with van der Waals surface area (Å²) in [7, 11) is 1.59. The molecule has 0 aromatic carbocycles. The van der Waals surface area contributed by atoms with Crippen LogP contribution < -0.4 is 5.32 Å². The van der Waals surface area contributed by atoms with Gasteiger partial charge in [-0.05, 0) is 25.9 Å². The molecule has 1 heterocycles. The highest BCUT2D eigenvalue weighted by Gasteiger charge is 2.24. The van der Waals surface area contributed by atoms with E-state index in [1.54, 1.807) is 7.05 Å². The molecule has 1 unspecified atom stereocenters. The van der Waals surface area contributed by atoms with Gasteiger partial charge in [0.25, 0.3) is 0 Å². The Bertz CT molecular complexity index is 285. The molecule has 1 amide bonds. The second kappa shape index (κ2) is 8.83. The third-order valence-electron chi connectivity index (χ3n) is 2.76. The standard InChI is InChI=1S/C12H18N2O.C2H6/c1-4-11(10(2)12(15)13-3)14-8-6-5-7-9-14;1-2/h1,11H,2,5-9H2,3H3,(H,13,15);1-2H3. The zero-order valence-electron chi connectivity index (χ0n) is 11.3. The number of likely N-dealkylation sites (N-methyl/N-ethyl adjacent to an activating group) is 1. The molecular weight excluding hydrogens is 212 g/mol. The number of carbonyl (C=O) groups is 1. The van der Waals surface area contributed by atoms with Gasteiger partial charge in [-0.25, -0.2) is 0 Å². The molecule has 0 spiro atoms. The summed E-state index contributed by atoms with van der Waals surface area (Å²) in [6, 6.07) is -0.245. The van der Waals surface area contributed by atoms with E-state index < -0.39 is 0 Å². The summed E-state index contributed by atoms with van der Waals surface area (Å²) in [6.45, 7) is 9.70. The van der Waals surface area contributed by atoms with Gasteiger partial charge in [0.05, 0.1) is 0 Å². The van der Waals surface area contributed by atoms with Gasteiger partial charge in [-0.2, -0.15) is 0 Å². The van der Waals surface area contributed by atoms with Gasteiger partial charge in [0.1, 0.15) is 6.04 Å². The first-order chi connectivity index (χ1) is 8.20.